The van der Waals surface area contributed by atoms with Gasteiger partial charge in [-0.05, 0) is 44.9 Å². The van der Waals surface area contributed by atoms with Gasteiger partial charge in [0.2, 0.25) is 11.9 Å². The summed E-state index contributed by atoms with van der Waals surface area (Å²) in [6.07, 6.45) is 14.7. The van der Waals surface area contributed by atoms with E-state index in [4.69, 9.17) is 4.98 Å². The smallest absolute Gasteiger partial charge is 0.246 e. The minimum absolute atomic E-state index is 0.0494. The van der Waals surface area contributed by atoms with Crippen LogP contribution in [0.5, 0.6) is 0 Å². The first-order chi connectivity index (χ1) is 18.1. The zero-order valence-electron chi connectivity index (χ0n) is 22.0. The van der Waals surface area contributed by atoms with Gasteiger partial charge in [0, 0.05) is 44.0 Å². The number of pyridine rings is 1. The first-order valence-corrected chi connectivity index (χ1v) is 13.9. The first-order valence-electron chi connectivity index (χ1n) is 13.9. The molecule has 0 aromatic carbocycles. The van der Waals surface area contributed by atoms with Crippen LogP contribution in [0.25, 0.3) is 6.08 Å². The van der Waals surface area contributed by atoms with Crippen molar-refractivity contribution in [2.75, 3.05) is 47.8 Å². The van der Waals surface area contributed by atoms with Gasteiger partial charge in [0.25, 0.3) is 0 Å². The summed E-state index contributed by atoms with van der Waals surface area (Å²) >= 11 is 0. The summed E-state index contributed by atoms with van der Waals surface area (Å²) in [6.45, 7) is 9.51. The fraction of sp³-hybridized carbons (Fsp3) is 0.571. The number of nitrogens with zero attached hydrogens (tertiary/aromatic N) is 6. The highest BCUT2D eigenvalue weighted by atomic mass is 16.2. The Labute approximate surface area is 219 Å². The Hall–Kier alpha value is -3.20. The number of anilines is 4. The summed E-state index contributed by atoms with van der Waals surface area (Å²) in [5.41, 5.74) is 2.02. The standard InChI is InChI=1S/C28H38N8O/c1-3-13-34-14-15-35(18-20(34)2)22-8-10-24(29-17-22)32-27-30-16-21-7-9-23-26(37)31-19-28(11-5-4-6-12-28)36(23)25(21)33-27/h7-10,16-17,20,23H,3-6,11-15,18-19H2,1-2H3,(H,31,37)(H,29,30,32,33)/t20-,23?/m1/s1. The van der Waals surface area contributed by atoms with Crippen molar-refractivity contribution in [3.63, 3.8) is 0 Å². The summed E-state index contributed by atoms with van der Waals surface area (Å²) in [5, 5.41) is 6.47. The van der Waals surface area contributed by atoms with Gasteiger partial charge in [-0.2, -0.15) is 4.98 Å². The third kappa shape index (κ3) is 4.54. The molecule has 1 spiro atoms. The molecule has 2 saturated heterocycles. The molecule has 3 fully saturated rings. The van der Waals surface area contributed by atoms with Crippen molar-refractivity contribution in [2.24, 2.45) is 0 Å². The molecular formula is C28H38N8O. The van der Waals surface area contributed by atoms with Crippen LogP contribution in [0.1, 0.15) is 57.9 Å². The number of amides is 1. The van der Waals surface area contributed by atoms with Crippen molar-refractivity contribution in [1.82, 2.24) is 25.2 Å². The lowest BCUT2D eigenvalue weighted by Crippen LogP contribution is -2.69. The van der Waals surface area contributed by atoms with Crippen LogP contribution in [0, 0.1) is 0 Å². The highest BCUT2D eigenvalue weighted by molar-refractivity contribution is 5.93. The molecule has 0 radical (unpaired) electrons. The molecule has 0 bridgehead atoms. The Bertz CT molecular complexity index is 1160. The molecule has 9 heteroatoms. The van der Waals surface area contributed by atoms with E-state index >= 15 is 0 Å². The van der Waals surface area contributed by atoms with Gasteiger partial charge in [0.05, 0.1) is 17.4 Å². The maximum atomic E-state index is 12.8. The van der Waals surface area contributed by atoms with Gasteiger partial charge in [0.1, 0.15) is 17.7 Å². The van der Waals surface area contributed by atoms with Gasteiger partial charge in [0.15, 0.2) is 0 Å². The molecule has 196 valence electrons. The van der Waals surface area contributed by atoms with E-state index in [1.807, 2.05) is 30.6 Å². The average molecular weight is 503 g/mol. The van der Waals surface area contributed by atoms with E-state index in [9.17, 15) is 4.79 Å². The predicted molar refractivity (Wildman–Crippen MR) is 147 cm³/mol. The van der Waals surface area contributed by atoms with Gasteiger partial charge < -0.3 is 20.4 Å². The molecule has 6 rings (SSSR count). The summed E-state index contributed by atoms with van der Waals surface area (Å²) in [4.78, 5) is 34.2. The van der Waals surface area contributed by atoms with Crippen LogP contribution in [0.3, 0.4) is 0 Å². The lowest BCUT2D eigenvalue weighted by molar-refractivity contribution is -0.123. The maximum Gasteiger partial charge on any atom is 0.246 e. The number of aromatic nitrogens is 3. The zero-order chi connectivity index (χ0) is 25.4. The Morgan fingerprint density at radius 1 is 1.14 bits per heavy atom. The van der Waals surface area contributed by atoms with Gasteiger partial charge in [-0.3, -0.25) is 9.69 Å². The highest BCUT2D eigenvalue weighted by Gasteiger charge is 2.49. The number of hydrogen-bond donors (Lipinski definition) is 2. The number of fused-ring (bicyclic) bond motifs is 4. The third-order valence-electron chi connectivity index (χ3n) is 8.54. The lowest BCUT2D eigenvalue weighted by atomic mass is 9.77. The molecule has 3 aliphatic heterocycles. The second-order valence-electron chi connectivity index (χ2n) is 11.0. The number of rotatable bonds is 5. The third-order valence-corrected chi connectivity index (χ3v) is 8.54. The van der Waals surface area contributed by atoms with E-state index < -0.39 is 0 Å². The Morgan fingerprint density at radius 2 is 2.00 bits per heavy atom. The number of nitrogens with one attached hydrogen (secondary N) is 2. The fourth-order valence-electron chi connectivity index (χ4n) is 6.57. The van der Waals surface area contributed by atoms with Crippen molar-refractivity contribution in [3.05, 3.63) is 36.2 Å². The summed E-state index contributed by atoms with van der Waals surface area (Å²) in [7, 11) is 0. The quantitative estimate of drug-likeness (QED) is 0.642. The number of carbonyl (C=O) groups is 1. The Morgan fingerprint density at radius 3 is 2.76 bits per heavy atom. The van der Waals surface area contributed by atoms with Crippen molar-refractivity contribution < 1.29 is 4.79 Å². The van der Waals surface area contributed by atoms with E-state index in [1.54, 1.807) is 0 Å². The summed E-state index contributed by atoms with van der Waals surface area (Å²) in [6, 6.07) is 4.35. The zero-order valence-corrected chi connectivity index (χ0v) is 22.0. The predicted octanol–water partition coefficient (Wildman–Crippen LogP) is 3.57. The molecule has 2 aromatic heterocycles. The van der Waals surface area contributed by atoms with Crippen LogP contribution in [-0.2, 0) is 4.79 Å². The van der Waals surface area contributed by atoms with E-state index in [-0.39, 0.29) is 17.5 Å². The molecule has 9 nitrogen and oxygen atoms in total. The van der Waals surface area contributed by atoms with Crippen molar-refractivity contribution >= 4 is 35.3 Å². The van der Waals surface area contributed by atoms with Gasteiger partial charge in [-0.15, -0.1) is 0 Å². The monoisotopic (exact) mass is 502 g/mol. The minimum Gasteiger partial charge on any atom is -0.367 e. The summed E-state index contributed by atoms with van der Waals surface area (Å²) in [5.74, 6) is 2.12. The molecule has 1 saturated carbocycles. The van der Waals surface area contributed by atoms with Crippen molar-refractivity contribution in [2.45, 2.75) is 70.0 Å². The largest absolute Gasteiger partial charge is 0.367 e. The molecule has 4 aliphatic rings. The molecule has 2 aromatic rings. The molecule has 37 heavy (non-hydrogen) atoms. The van der Waals surface area contributed by atoms with Gasteiger partial charge in [-0.1, -0.05) is 38.3 Å². The maximum absolute atomic E-state index is 12.8. The fourth-order valence-corrected chi connectivity index (χ4v) is 6.57. The second kappa shape index (κ2) is 9.93. The molecule has 1 aliphatic carbocycles. The van der Waals surface area contributed by atoms with Crippen LogP contribution >= 0.6 is 0 Å². The van der Waals surface area contributed by atoms with Crippen LogP contribution < -0.4 is 20.4 Å². The molecule has 1 unspecified atom stereocenters. The van der Waals surface area contributed by atoms with E-state index in [1.165, 1.54) is 25.7 Å². The minimum atomic E-state index is -0.320. The van der Waals surface area contributed by atoms with E-state index in [0.29, 0.717) is 24.4 Å². The van der Waals surface area contributed by atoms with Crippen molar-refractivity contribution in [3.8, 4) is 0 Å². The normalized spacial score (nSPS) is 25.0. The first kappa shape index (κ1) is 24.2. The van der Waals surface area contributed by atoms with Crippen LogP contribution in [0.15, 0.2) is 30.6 Å². The molecule has 5 heterocycles. The molecule has 2 atom stereocenters. The van der Waals surface area contributed by atoms with E-state index in [0.717, 1.165) is 56.1 Å². The highest BCUT2D eigenvalue weighted by Crippen LogP contribution is 2.42. The van der Waals surface area contributed by atoms with Gasteiger partial charge in [-0.25, -0.2) is 9.97 Å². The number of hydrogen-bond acceptors (Lipinski definition) is 8. The Kier molecular flexibility index (Phi) is 6.48. The number of piperazine rings is 2. The SMILES string of the molecule is CCCN1CCN(c2ccc(Nc3ncc4c(n3)N3C(C=C4)C(=O)NCC34CCCCC4)nc2)C[C@H]1C. The second-order valence-corrected chi connectivity index (χ2v) is 11.0. The Balaban J connectivity index is 1.20. The van der Waals surface area contributed by atoms with Crippen LogP contribution in [0.4, 0.5) is 23.3 Å². The lowest BCUT2D eigenvalue weighted by Gasteiger charge is -2.54. The van der Waals surface area contributed by atoms with Gasteiger partial charge >= 0.3 is 0 Å². The van der Waals surface area contributed by atoms with E-state index in [2.05, 4.69) is 55.2 Å². The topological polar surface area (TPSA) is 89.5 Å². The van der Waals surface area contributed by atoms with Crippen molar-refractivity contribution in [1.29, 1.82) is 0 Å². The molecule has 1 amide bonds. The van der Waals surface area contributed by atoms with Crippen LogP contribution in [-0.4, -0.2) is 76.1 Å². The van der Waals surface area contributed by atoms with Crippen LogP contribution in [0.2, 0.25) is 0 Å². The summed E-state index contributed by atoms with van der Waals surface area (Å²) < 4.78 is 0. The molecular weight excluding hydrogens is 464 g/mol. The number of carbonyl (C=O) groups excluding carboxylic acids is 1. The molecule has 2 N–H and O–H groups in total. The average Bonchev–Trinajstić information content (AvgIpc) is 2.93.